The van der Waals surface area contributed by atoms with Crippen LogP contribution in [0.15, 0.2) is 59.8 Å². The number of nitrogen functional groups attached to an aromatic ring is 1. The predicted octanol–water partition coefficient (Wildman–Crippen LogP) is 2.26. The Labute approximate surface area is 152 Å². The van der Waals surface area contributed by atoms with Gasteiger partial charge in [-0.3, -0.25) is 4.21 Å². The summed E-state index contributed by atoms with van der Waals surface area (Å²) in [6.45, 7) is 0. The third-order valence-electron chi connectivity index (χ3n) is 3.49. The molecule has 9 heteroatoms. The van der Waals surface area contributed by atoms with E-state index in [9.17, 15) is 9.00 Å². The number of nitrogens with two attached hydrogens (primary N) is 1. The Hall–Kier alpha value is -3.20. The van der Waals surface area contributed by atoms with Crippen LogP contribution in [0.2, 0.25) is 0 Å². The smallest absolute Gasteiger partial charge is 0.349 e. The number of methoxy groups -OCH3 is 1. The maximum atomic E-state index is 12.4. The molecule has 26 heavy (non-hydrogen) atoms. The van der Waals surface area contributed by atoms with Crippen molar-refractivity contribution in [2.45, 2.75) is 10.9 Å². The molecule has 1 amide bonds. The van der Waals surface area contributed by atoms with E-state index in [0.29, 0.717) is 11.4 Å². The van der Waals surface area contributed by atoms with Crippen molar-refractivity contribution in [1.82, 2.24) is 14.8 Å². The first-order chi connectivity index (χ1) is 12.6. The van der Waals surface area contributed by atoms with E-state index < -0.39 is 16.8 Å². The molecule has 0 saturated carbocycles. The van der Waals surface area contributed by atoms with Crippen molar-refractivity contribution in [2.75, 3.05) is 18.2 Å². The number of carbonyl (C=O) groups excluding carboxylic acids is 1. The molecule has 2 aromatic carbocycles. The average Bonchev–Trinajstić information content (AvgIpc) is 3.05. The van der Waals surface area contributed by atoms with Gasteiger partial charge in [0.25, 0.3) is 0 Å². The van der Waals surface area contributed by atoms with E-state index in [0.717, 1.165) is 10.2 Å². The van der Waals surface area contributed by atoms with Gasteiger partial charge in [-0.15, -0.1) is 9.78 Å². The largest absolute Gasteiger partial charge is 0.497 e. The van der Waals surface area contributed by atoms with E-state index in [-0.39, 0.29) is 16.9 Å². The van der Waals surface area contributed by atoms with Gasteiger partial charge in [0.2, 0.25) is 11.1 Å². The first-order valence-electron chi connectivity index (χ1n) is 7.67. The van der Waals surface area contributed by atoms with Gasteiger partial charge in [0, 0.05) is 5.69 Å². The van der Waals surface area contributed by atoms with E-state index in [4.69, 9.17) is 10.5 Å². The van der Waals surface area contributed by atoms with Crippen LogP contribution in [-0.4, -0.2) is 32.1 Å². The van der Waals surface area contributed by atoms with Gasteiger partial charge in [0.05, 0.1) is 23.7 Å². The molecule has 0 spiro atoms. The molecular formula is C17H17N5O3S. The van der Waals surface area contributed by atoms with Crippen LogP contribution in [0.3, 0.4) is 0 Å². The van der Waals surface area contributed by atoms with Gasteiger partial charge >= 0.3 is 6.03 Å². The van der Waals surface area contributed by atoms with Crippen LogP contribution < -0.4 is 15.8 Å². The zero-order valence-corrected chi connectivity index (χ0v) is 14.8. The number of carbonyl (C=O) groups is 1. The van der Waals surface area contributed by atoms with E-state index in [2.05, 4.69) is 15.4 Å². The first kappa shape index (κ1) is 17.6. The molecule has 0 aliphatic carbocycles. The molecule has 1 atom stereocenters. The monoisotopic (exact) mass is 371 g/mol. The summed E-state index contributed by atoms with van der Waals surface area (Å²) in [5, 5.41) is 6.63. The van der Waals surface area contributed by atoms with E-state index in [1.165, 1.54) is 0 Å². The molecule has 3 aromatic rings. The summed E-state index contributed by atoms with van der Waals surface area (Å²) in [5.74, 6) is 0.777. The van der Waals surface area contributed by atoms with Crippen LogP contribution in [0.25, 0.3) is 0 Å². The first-order valence-corrected chi connectivity index (χ1v) is 8.99. The molecule has 0 aliphatic rings. The second kappa shape index (κ2) is 7.79. The van der Waals surface area contributed by atoms with Gasteiger partial charge in [-0.1, -0.05) is 30.3 Å². The highest BCUT2D eigenvalue weighted by Gasteiger charge is 2.18. The van der Waals surface area contributed by atoms with Crippen molar-refractivity contribution in [1.29, 1.82) is 0 Å². The van der Waals surface area contributed by atoms with Gasteiger partial charge < -0.3 is 15.8 Å². The summed E-state index contributed by atoms with van der Waals surface area (Å²) in [6.07, 6.45) is 0. The Balaban J connectivity index is 1.72. The van der Waals surface area contributed by atoms with Crippen molar-refractivity contribution >= 4 is 28.5 Å². The SMILES string of the molecule is COc1ccc(NC(=O)n2nc(S(=O)Cc3ccccc3)nc2N)cc1. The Morgan fingerprint density at radius 3 is 2.54 bits per heavy atom. The average molecular weight is 371 g/mol. The van der Waals surface area contributed by atoms with Gasteiger partial charge in [0.1, 0.15) is 5.75 Å². The van der Waals surface area contributed by atoms with Crippen LogP contribution in [0.4, 0.5) is 16.4 Å². The van der Waals surface area contributed by atoms with Crippen molar-refractivity contribution in [3.63, 3.8) is 0 Å². The maximum Gasteiger partial charge on any atom is 0.349 e. The number of benzene rings is 2. The number of ether oxygens (including phenoxy) is 1. The molecule has 1 aromatic heterocycles. The van der Waals surface area contributed by atoms with E-state index >= 15 is 0 Å². The minimum Gasteiger partial charge on any atom is -0.497 e. The zero-order chi connectivity index (χ0) is 18.5. The Morgan fingerprint density at radius 2 is 1.88 bits per heavy atom. The summed E-state index contributed by atoms with van der Waals surface area (Å²) in [5.41, 5.74) is 7.16. The zero-order valence-electron chi connectivity index (χ0n) is 14.0. The van der Waals surface area contributed by atoms with Crippen LogP contribution in [0.5, 0.6) is 5.75 Å². The fourth-order valence-electron chi connectivity index (χ4n) is 2.19. The lowest BCUT2D eigenvalue weighted by atomic mass is 10.2. The number of hydrogen-bond donors (Lipinski definition) is 2. The lowest BCUT2D eigenvalue weighted by molar-refractivity contribution is 0.251. The lowest BCUT2D eigenvalue weighted by Crippen LogP contribution is -2.22. The van der Waals surface area contributed by atoms with E-state index in [1.807, 2.05) is 30.3 Å². The molecule has 0 radical (unpaired) electrons. The highest BCUT2D eigenvalue weighted by Crippen LogP contribution is 2.16. The number of hydrogen-bond acceptors (Lipinski definition) is 6. The third-order valence-corrected chi connectivity index (χ3v) is 4.67. The Bertz CT molecular complexity index is 925. The normalized spacial score (nSPS) is 11.7. The fourth-order valence-corrected chi connectivity index (χ4v) is 3.18. The molecule has 0 saturated heterocycles. The fraction of sp³-hybridized carbons (Fsp3) is 0.118. The molecule has 1 unspecified atom stereocenters. The third kappa shape index (κ3) is 4.06. The van der Waals surface area contributed by atoms with Crippen molar-refractivity contribution < 1.29 is 13.7 Å². The topological polar surface area (TPSA) is 112 Å². The number of rotatable bonds is 5. The molecule has 134 valence electrons. The minimum absolute atomic E-state index is 0.0104. The molecule has 0 fully saturated rings. The van der Waals surface area contributed by atoms with Gasteiger partial charge in [-0.2, -0.15) is 4.98 Å². The second-order valence-electron chi connectivity index (χ2n) is 5.30. The minimum atomic E-state index is -1.51. The van der Waals surface area contributed by atoms with E-state index in [1.54, 1.807) is 31.4 Å². The number of nitrogens with zero attached hydrogens (tertiary/aromatic N) is 3. The van der Waals surface area contributed by atoms with Crippen LogP contribution in [0, 0.1) is 0 Å². The summed E-state index contributed by atoms with van der Waals surface area (Å²) in [6, 6.07) is 15.5. The van der Waals surface area contributed by atoms with Crippen LogP contribution in [0.1, 0.15) is 5.56 Å². The number of nitrogens with one attached hydrogen (secondary N) is 1. The molecule has 0 aliphatic heterocycles. The highest BCUT2D eigenvalue weighted by atomic mass is 32.2. The van der Waals surface area contributed by atoms with Crippen LogP contribution in [-0.2, 0) is 16.6 Å². The lowest BCUT2D eigenvalue weighted by Gasteiger charge is -2.06. The standard InChI is InChI=1S/C17H17N5O3S/c1-25-14-9-7-13(8-10-14)19-17(23)22-15(18)20-16(21-22)26(24)11-12-5-3-2-4-6-12/h2-10H,11H2,1H3,(H,19,23)(H2,18,20,21). The molecule has 1 heterocycles. The number of amides is 1. The summed E-state index contributed by atoms with van der Waals surface area (Å²) in [4.78, 5) is 16.3. The second-order valence-corrected chi connectivity index (χ2v) is 6.64. The number of aromatic nitrogens is 3. The summed E-state index contributed by atoms with van der Waals surface area (Å²) in [7, 11) is 0.0456. The predicted molar refractivity (Wildman–Crippen MR) is 98.4 cm³/mol. The summed E-state index contributed by atoms with van der Waals surface area (Å²) < 4.78 is 18.4. The van der Waals surface area contributed by atoms with Crippen molar-refractivity contribution in [2.24, 2.45) is 0 Å². The Kier molecular flexibility index (Phi) is 5.28. The number of anilines is 2. The van der Waals surface area contributed by atoms with Gasteiger partial charge in [-0.05, 0) is 29.8 Å². The maximum absolute atomic E-state index is 12.4. The van der Waals surface area contributed by atoms with Crippen molar-refractivity contribution in [3.8, 4) is 5.75 Å². The highest BCUT2D eigenvalue weighted by molar-refractivity contribution is 7.84. The molecule has 0 bridgehead atoms. The van der Waals surface area contributed by atoms with Gasteiger partial charge in [-0.25, -0.2) is 4.79 Å². The molecule has 3 N–H and O–H groups in total. The van der Waals surface area contributed by atoms with Gasteiger partial charge in [0.15, 0.2) is 0 Å². The quantitative estimate of drug-likeness (QED) is 0.711. The van der Waals surface area contributed by atoms with Crippen LogP contribution >= 0.6 is 0 Å². The summed E-state index contributed by atoms with van der Waals surface area (Å²) >= 11 is 0. The van der Waals surface area contributed by atoms with Crippen molar-refractivity contribution in [3.05, 3.63) is 60.2 Å². The Morgan fingerprint density at radius 1 is 1.19 bits per heavy atom. The molecule has 8 nitrogen and oxygen atoms in total. The molecule has 3 rings (SSSR count). The molecular weight excluding hydrogens is 354 g/mol.